The lowest BCUT2D eigenvalue weighted by molar-refractivity contribution is 1.18. The van der Waals surface area contributed by atoms with E-state index in [4.69, 9.17) is 0 Å². The molecule has 9 aromatic rings. The number of nitrogens with one attached hydrogen (secondary N) is 1. The smallest absolute Gasteiger partial charge is 0.0568 e. The molecule has 3 heteroatoms. The van der Waals surface area contributed by atoms with Gasteiger partial charge in [-0.15, -0.1) is 0 Å². The molecule has 0 aliphatic carbocycles. The highest BCUT2D eigenvalue weighted by Gasteiger charge is 2.22. The molecule has 1 heterocycles. The summed E-state index contributed by atoms with van der Waals surface area (Å²) in [5.41, 5.74) is 11.3. The fourth-order valence-electron chi connectivity index (χ4n) is 7.04. The molecule has 0 fully saturated rings. The third-order valence-corrected chi connectivity index (χ3v) is 9.27. The van der Waals surface area contributed by atoms with E-state index >= 15 is 0 Å². The minimum atomic E-state index is 1.07. The molecule has 0 atom stereocenters. The molecule has 0 saturated heterocycles. The molecule has 3 nitrogen and oxygen atoms in total. The highest BCUT2D eigenvalue weighted by Crippen LogP contribution is 2.46. The molecule has 0 unspecified atom stereocenters. The summed E-state index contributed by atoms with van der Waals surface area (Å²) in [6, 6.07) is 69.3. The summed E-state index contributed by atoms with van der Waals surface area (Å²) in [5.74, 6) is 0. The number of nitrogens with zero attached hydrogens (tertiary/aromatic N) is 2. The average Bonchev–Trinajstić information content (AvgIpc) is 3.51. The minimum absolute atomic E-state index is 1.07. The Kier molecular flexibility index (Phi) is 7.14. The van der Waals surface area contributed by atoms with Crippen LogP contribution in [0.15, 0.2) is 194 Å². The number of rotatable bonds is 7. The normalized spacial score (nSPS) is 11.3. The van der Waals surface area contributed by atoms with Crippen molar-refractivity contribution >= 4 is 61.0 Å². The van der Waals surface area contributed by atoms with Crippen molar-refractivity contribution in [3.8, 4) is 16.8 Å². The maximum Gasteiger partial charge on any atom is 0.0568 e. The molecule has 0 amide bonds. The van der Waals surface area contributed by atoms with Gasteiger partial charge >= 0.3 is 0 Å². The Balaban J connectivity index is 1.30. The van der Waals surface area contributed by atoms with Crippen molar-refractivity contribution in [2.24, 2.45) is 0 Å². The Bertz CT molecular complexity index is 2520. The van der Waals surface area contributed by atoms with Crippen molar-refractivity contribution in [1.82, 2.24) is 4.57 Å². The lowest BCUT2D eigenvalue weighted by Gasteiger charge is -2.27. The fraction of sp³-hybridized carbons (Fsp3) is 0. The van der Waals surface area contributed by atoms with Crippen LogP contribution in [0.1, 0.15) is 0 Å². The van der Waals surface area contributed by atoms with Crippen molar-refractivity contribution in [1.29, 1.82) is 0 Å². The van der Waals surface area contributed by atoms with Crippen LogP contribution in [0.2, 0.25) is 0 Å². The largest absolute Gasteiger partial charge is 0.356 e. The van der Waals surface area contributed by atoms with E-state index in [0.717, 1.165) is 39.7 Å². The predicted molar refractivity (Wildman–Crippen MR) is 208 cm³/mol. The summed E-state index contributed by atoms with van der Waals surface area (Å²) in [7, 11) is 0. The number of hydrogen-bond donors (Lipinski definition) is 1. The lowest BCUT2D eigenvalue weighted by Crippen LogP contribution is -2.10. The summed E-state index contributed by atoms with van der Waals surface area (Å²) in [6.07, 6.45) is 0. The number of benzene rings is 8. The van der Waals surface area contributed by atoms with Crippen LogP contribution < -0.4 is 10.2 Å². The summed E-state index contributed by atoms with van der Waals surface area (Å²) >= 11 is 0. The molecule has 8 aromatic carbocycles. The Hall–Kier alpha value is -6.58. The quantitative estimate of drug-likeness (QED) is 0.190. The highest BCUT2D eigenvalue weighted by molar-refractivity contribution is 6.18. The van der Waals surface area contributed by atoms with Gasteiger partial charge in [0.2, 0.25) is 0 Å². The third-order valence-electron chi connectivity index (χ3n) is 9.27. The number of fused-ring (bicyclic) bond motifs is 4. The Morgan fingerprint density at radius 2 is 1.00 bits per heavy atom. The van der Waals surface area contributed by atoms with Crippen LogP contribution in [0.25, 0.3) is 49.4 Å². The van der Waals surface area contributed by atoms with Gasteiger partial charge in [-0.05, 0) is 107 Å². The second-order valence-corrected chi connectivity index (χ2v) is 12.4. The zero-order chi connectivity index (χ0) is 32.6. The van der Waals surface area contributed by atoms with E-state index < -0.39 is 0 Å². The van der Waals surface area contributed by atoms with E-state index in [2.05, 4.69) is 203 Å². The van der Waals surface area contributed by atoms with Gasteiger partial charge in [0.15, 0.2) is 0 Å². The van der Waals surface area contributed by atoms with E-state index in [1.54, 1.807) is 0 Å². The molecule has 1 aromatic heterocycles. The van der Waals surface area contributed by atoms with Gasteiger partial charge in [0, 0.05) is 39.2 Å². The first-order valence-corrected chi connectivity index (χ1v) is 16.7. The van der Waals surface area contributed by atoms with Crippen LogP contribution >= 0.6 is 0 Å². The predicted octanol–water partition coefficient (Wildman–Crippen LogP) is 12.8. The van der Waals surface area contributed by atoms with Gasteiger partial charge in [0.1, 0.15) is 0 Å². The Labute approximate surface area is 285 Å². The molecule has 0 aliphatic heterocycles. The van der Waals surface area contributed by atoms with Crippen molar-refractivity contribution in [2.75, 3.05) is 10.2 Å². The van der Waals surface area contributed by atoms with Crippen LogP contribution in [0, 0.1) is 0 Å². The third kappa shape index (κ3) is 5.28. The number of hydrogen-bond acceptors (Lipinski definition) is 2. The van der Waals surface area contributed by atoms with Crippen molar-refractivity contribution in [3.05, 3.63) is 194 Å². The zero-order valence-electron chi connectivity index (χ0n) is 26.9. The first-order chi connectivity index (χ1) is 24.3. The van der Waals surface area contributed by atoms with Gasteiger partial charge < -0.3 is 14.8 Å². The molecule has 1 N–H and O–H groups in total. The van der Waals surface area contributed by atoms with E-state index in [-0.39, 0.29) is 0 Å². The van der Waals surface area contributed by atoms with E-state index in [1.807, 2.05) is 6.07 Å². The average molecular weight is 628 g/mol. The van der Waals surface area contributed by atoms with E-state index in [0.29, 0.717) is 0 Å². The topological polar surface area (TPSA) is 20.2 Å². The summed E-state index contributed by atoms with van der Waals surface area (Å²) in [6.45, 7) is 0. The van der Waals surface area contributed by atoms with Gasteiger partial charge in [-0.2, -0.15) is 0 Å². The summed E-state index contributed by atoms with van der Waals surface area (Å²) < 4.78 is 2.41. The molecule has 0 spiro atoms. The molecule has 0 aliphatic rings. The van der Waals surface area contributed by atoms with E-state index in [9.17, 15) is 0 Å². The summed E-state index contributed by atoms with van der Waals surface area (Å²) in [5, 5.41) is 8.37. The number of anilines is 5. The molecule has 232 valence electrons. The second-order valence-electron chi connectivity index (χ2n) is 12.4. The Morgan fingerprint density at radius 1 is 0.408 bits per heavy atom. The fourth-order valence-corrected chi connectivity index (χ4v) is 7.04. The van der Waals surface area contributed by atoms with Crippen LogP contribution in [-0.2, 0) is 0 Å². The molecule has 0 bridgehead atoms. The first-order valence-electron chi connectivity index (χ1n) is 16.7. The van der Waals surface area contributed by atoms with Gasteiger partial charge in [-0.1, -0.05) is 109 Å². The maximum atomic E-state index is 3.54. The number of para-hydroxylation sites is 5. The second kappa shape index (κ2) is 12.2. The van der Waals surface area contributed by atoms with Gasteiger partial charge in [-0.25, -0.2) is 0 Å². The van der Waals surface area contributed by atoms with Gasteiger partial charge in [0.05, 0.1) is 16.7 Å². The monoisotopic (exact) mass is 627 g/mol. The van der Waals surface area contributed by atoms with Gasteiger partial charge in [-0.3, -0.25) is 0 Å². The lowest BCUT2D eigenvalue weighted by atomic mass is 9.97. The SMILES string of the molecule is c1ccc(Nc2ccc3cc(-c4cc(N(c5ccccc5)c5ccccc5)c5c6ccccc6n(-c6ccccc6)c5c4)ccc3c2)cc1. The highest BCUT2D eigenvalue weighted by atomic mass is 15.1. The molecule has 49 heavy (non-hydrogen) atoms. The van der Waals surface area contributed by atoms with Crippen molar-refractivity contribution in [2.45, 2.75) is 0 Å². The molecular formula is C46H33N3. The number of aromatic nitrogens is 1. The zero-order valence-corrected chi connectivity index (χ0v) is 26.9. The molecule has 9 rings (SSSR count). The Morgan fingerprint density at radius 3 is 1.71 bits per heavy atom. The van der Waals surface area contributed by atoms with Crippen molar-refractivity contribution in [3.63, 3.8) is 0 Å². The molecule has 0 saturated carbocycles. The maximum absolute atomic E-state index is 3.54. The van der Waals surface area contributed by atoms with Crippen molar-refractivity contribution < 1.29 is 0 Å². The van der Waals surface area contributed by atoms with Gasteiger partial charge in [0.25, 0.3) is 0 Å². The molecular weight excluding hydrogens is 595 g/mol. The van der Waals surface area contributed by atoms with Crippen LogP contribution in [0.3, 0.4) is 0 Å². The van der Waals surface area contributed by atoms with Crippen LogP contribution in [-0.4, -0.2) is 4.57 Å². The van der Waals surface area contributed by atoms with Crippen LogP contribution in [0.4, 0.5) is 28.4 Å². The van der Waals surface area contributed by atoms with Crippen LogP contribution in [0.5, 0.6) is 0 Å². The molecule has 0 radical (unpaired) electrons. The minimum Gasteiger partial charge on any atom is -0.356 e. The first kappa shape index (κ1) is 28.6. The summed E-state index contributed by atoms with van der Waals surface area (Å²) in [4.78, 5) is 2.40. The van der Waals surface area contributed by atoms with E-state index in [1.165, 1.54) is 38.1 Å². The standard InChI is InChI=1S/C46H33N3/c1-5-15-37(16-6-1)47-38-28-27-33-29-34(25-26-35(33)30-38)36-31-44(48(39-17-7-2-8-18-39)40-19-9-3-10-20-40)46-42-23-13-14-24-43(42)49(45(46)32-36)41-21-11-4-12-22-41/h1-32,47H.